The van der Waals surface area contributed by atoms with E-state index >= 15 is 0 Å². The second-order valence-corrected chi connectivity index (χ2v) is 7.12. The number of hydrogen-bond donors (Lipinski definition) is 2. The quantitative estimate of drug-likeness (QED) is 0.442. The summed E-state index contributed by atoms with van der Waals surface area (Å²) in [5.74, 6) is -0.274. The van der Waals surface area contributed by atoms with Gasteiger partial charge in [0.25, 0.3) is 11.6 Å². The number of furan rings is 1. The number of aryl methyl sites for hydroxylation is 1. The fourth-order valence-electron chi connectivity index (χ4n) is 3.53. The van der Waals surface area contributed by atoms with Crippen LogP contribution in [0.3, 0.4) is 0 Å². The number of amides is 1. The Balaban J connectivity index is 1.58. The number of benzene rings is 2. The zero-order valence-corrected chi connectivity index (χ0v) is 16.6. The molecule has 8 nitrogen and oxygen atoms in total. The van der Waals surface area contributed by atoms with Crippen molar-refractivity contribution in [1.82, 2.24) is 0 Å². The molecular formula is C22H19FN4O4. The highest BCUT2D eigenvalue weighted by Crippen LogP contribution is 2.31. The van der Waals surface area contributed by atoms with Gasteiger partial charge in [-0.3, -0.25) is 20.3 Å². The maximum absolute atomic E-state index is 13.9. The van der Waals surface area contributed by atoms with E-state index in [0.29, 0.717) is 29.9 Å². The van der Waals surface area contributed by atoms with Gasteiger partial charge >= 0.3 is 0 Å². The third-order valence-corrected chi connectivity index (χ3v) is 5.05. The lowest BCUT2D eigenvalue weighted by Gasteiger charge is -2.13. The molecule has 31 heavy (non-hydrogen) atoms. The highest BCUT2D eigenvalue weighted by molar-refractivity contribution is 6.09. The molecule has 1 aliphatic carbocycles. The zero-order valence-electron chi connectivity index (χ0n) is 16.6. The van der Waals surface area contributed by atoms with Gasteiger partial charge in [0.15, 0.2) is 5.76 Å². The van der Waals surface area contributed by atoms with E-state index in [2.05, 4.69) is 15.8 Å². The number of nitro benzene ring substituents is 1. The van der Waals surface area contributed by atoms with Crippen LogP contribution in [-0.2, 0) is 6.42 Å². The molecule has 0 radical (unpaired) electrons. The Hall–Kier alpha value is -4.01. The standard InChI is InChI=1S/C22H19FN4O4/c1-13-20-18(26-25-14-9-11-15(12-10-14)27(29)30)7-4-8-19(20)31-21(13)22(28)24-17-6-3-2-5-16(17)23/h2-3,5-6,9-12,25H,4,7-8H2,1H3,(H,24,28)/b26-18+. The summed E-state index contributed by atoms with van der Waals surface area (Å²) in [5.41, 5.74) is 5.71. The first-order valence-corrected chi connectivity index (χ1v) is 9.69. The molecule has 1 aliphatic rings. The largest absolute Gasteiger partial charge is 0.455 e. The first-order chi connectivity index (χ1) is 14.9. The smallest absolute Gasteiger partial charge is 0.291 e. The van der Waals surface area contributed by atoms with Crippen LogP contribution in [0.5, 0.6) is 0 Å². The molecule has 158 valence electrons. The Labute approximate surface area is 176 Å². The normalized spacial score (nSPS) is 14.2. The number of carbonyl (C=O) groups is 1. The van der Waals surface area contributed by atoms with Crippen molar-refractivity contribution in [3.05, 3.63) is 87.1 Å². The molecule has 0 spiro atoms. The highest BCUT2D eigenvalue weighted by atomic mass is 19.1. The molecule has 3 aromatic rings. The molecule has 0 saturated carbocycles. The Morgan fingerprint density at radius 1 is 1.16 bits per heavy atom. The molecule has 1 amide bonds. The van der Waals surface area contributed by atoms with Gasteiger partial charge in [0.05, 0.1) is 22.0 Å². The summed E-state index contributed by atoms with van der Waals surface area (Å²) in [5, 5.41) is 17.8. The van der Waals surface area contributed by atoms with Gasteiger partial charge < -0.3 is 9.73 Å². The molecule has 0 fully saturated rings. The van der Waals surface area contributed by atoms with Crippen molar-refractivity contribution in [1.29, 1.82) is 0 Å². The predicted molar refractivity (Wildman–Crippen MR) is 114 cm³/mol. The second-order valence-electron chi connectivity index (χ2n) is 7.12. The number of fused-ring (bicyclic) bond motifs is 1. The lowest BCUT2D eigenvalue weighted by molar-refractivity contribution is -0.384. The SMILES string of the molecule is Cc1c(C(=O)Nc2ccccc2F)oc2c1/C(=N/Nc1ccc([N+](=O)[O-])cc1)CCC2. The van der Waals surface area contributed by atoms with Gasteiger partial charge in [0, 0.05) is 29.7 Å². The van der Waals surface area contributed by atoms with Crippen molar-refractivity contribution in [2.75, 3.05) is 10.7 Å². The van der Waals surface area contributed by atoms with Gasteiger partial charge in [-0.2, -0.15) is 5.10 Å². The molecule has 1 heterocycles. The number of rotatable bonds is 5. The summed E-state index contributed by atoms with van der Waals surface area (Å²) >= 11 is 0. The average Bonchev–Trinajstić information content (AvgIpc) is 3.11. The zero-order chi connectivity index (χ0) is 22.0. The minimum absolute atomic E-state index is 0.00524. The van der Waals surface area contributed by atoms with E-state index in [1.165, 1.54) is 24.3 Å². The molecular weight excluding hydrogens is 403 g/mol. The molecule has 1 aromatic heterocycles. The maximum atomic E-state index is 13.9. The third-order valence-electron chi connectivity index (χ3n) is 5.05. The van der Waals surface area contributed by atoms with E-state index in [1.807, 2.05) is 0 Å². The van der Waals surface area contributed by atoms with Gasteiger partial charge in [-0.15, -0.1) is 0 Å². The van der Waals surface area contributed by atoms with Crippen LogP contribution in [0.1, 0.15) is 40.3 Å². The molecule has 0 atom stereocenters. The number of para-hydroxylation sites is 1. The molecule has 9 heteroatoms. The summed E-state index contributed by atoms with van der Waals surface area (Å²) in [6, 6.07) is 11.8. The van der Waals surface area contributed by atoms with E-state index < -0.39 is 16.6 Å². The van der Waals surface area contributed by atoms with Crippen LogP contribution < -0.4 is 10.7 Å². The number of hydrogen-bond acceptors (Lipinski definition) is 6. The van der Waals surface area contributed by atoms with Gasteiger partial charge in [-0.25, -0.2) is 4.39 Å². The molecule has 0 bridgehead atoms. The van der Waals surface area contributed by atoms with E-state index in [-0.39, 0.29) is 17.1 Å². The van der Waals surface area contributed by atoms with Crippen LogP contribution in [0.2, 0.25) is 0 Å². The Morgan fingerprint density at radius 2 is 1.90 bits per heavy atom. The van der Waals surface area contributed by atoms with Gasteiger partial charge in [0.1, 0.15) is 11.6 Å². The number of hydrazone groups is 1. The third kappa shape index (κ3) is 4.16. The Kier molecular flexibility index (Phi) is 5.48. The van der Waals surface area contributed by atoms with Crippen LogP contribution in [0.4, 0.5) is 21.5 Å². The van der Waals surface area contributed by atoms with E-state index in [4.69, 9.17) is 4.42 Å². The Bertz CT molecular complexity index is 1180. The van der Waals surface area contributed by atoms with Crippen LogP contribution in [0.25, 0.3) is 0 Å². The minimum Gasteiger partial charge on any atom is -0.455 e. The number of halogens is 1. The molecule has 0 aliphatic heterocycles. The van der Waals surface area contributed by atoms with Crippen molar-refractivity contribution >= 4 is 28.7 Å². The molecule has 2 N–H and O–H groups in total. The second kappa shape index (κ2) is 8.39. The van der Waals surface area contributed by atoms with Crippen molar-refractivity contribution in [2.24, 2.45) is 5.10 Å². The first kappa shape index (κ1) is 20.3. The van der Waals surface area contributed by atoms with Gasteiger partial charge in [-0.1, -0.05) is 12.1 Å². The first-order valence-electron chi connectivity index (χ1n) is 9.69. The summed E-state index contributed by atoms with van der Waals surface area (Å²) in [7, 11) is 0. The number of nitrogens with zero attached hydrogens (tertiary/aromatic N) is 2. The number of non-ortho nitro benzene ring substituents is 1. The molecule has 4 rings (SSSR count). The van der Waals surface area contributed by atoms with Crippen LogP contribution in [0.15, 0.2) is 58.0 Å². The van der Waals surface area contributed by atoms with Crippen LogP contribution in [-0.4, -0.2) is 16.5 Å². The van der Waals surface area contributed by atoms with Crippen molar-refractivity contribution < 1.29 is 18.5 Å². The lowest BCUT2D eigenvalue weighted by Crippen LogP contribution is -2.15. The molecule has 0 saturated heterocycles. The Morgan fingerprint density at radius 3 is 2.61 bits per heavy atom. The van der Waals surface area contributed by atoms with Crippen LogP contribution >= 0.6 is 0 Å². The van der Waals surface area contributed by atoms with Crippen LogP contribution in [0, 0.1) is 22.9 Å². The average molecular weight is 422 g/mol. The number of anilines is 2. The molecule has 0 unspecified atom stereocenters. The van der Waals surface area contributed by atoms with E-state index in [1.54, 1.807) is 31.2 Å². The summed E-state index contributed by atoms with van der Waals surface area (Å²) in [6.45, 7) is 1.77. The fraction of sp³-hybridized carbons (Fsp3) is 0.182. The highest BCUT2D eigenvalue weighted by Gasteiger charge is 2.28. The van der Waals surface area contributed by atoms with Crippen molar-refractivity contribution in [2.45, 2.75) is 26.2 Å². The van der Waals surface area contributed by atoms with E-state index in [9.17, 15) is 19.3 Å². The minimum atomic E-state index is -0.528. The topological polar surface area (TPSA) is 110 Å². The number of carbonyl (C=O) groups excluding carboxylic acids is 1. The van der Waals surface area contributed by atoms with Gasteiger partial charge in [-0.05, 0) is 44.0 Å². The summed E-state index contributed by atoms with van der Waals surface area (Å²) < 4.78 is 19.7. The van der Waals surface area contributed by atoms with Crippen molar-refractivity contribution in [3.8, 4) is 0 Å². The summed E-state index contributed by atoms with van der Waals surface area (Å²) in [4.78, 5) is 23.0. The monoisotopic (exact) mass is 422 g/mol. The summed E-state index contributed by atoms with van der Waals surface area (Å²) in [6.07, 6.45) is 2.15. The van der Waals surface area contributed by atoms with Gasteiger partial charge in [0.2, 0.25) is 0 Å². The molecule has 2 aromatic carbocycles. The lowest BCUT2D eigenvalue weighted by atomic mass is 9.93. The fourth-order valence-corrected chi connectivity index (χ4v) is 3.53. The van der Waals surface area contributed by atoms with Crippen molar-refractivity contribution in [3.63, 3.8) is 0 Å². The number of nitrogens with one attached hydrogen (secondary N) is 2. The maximum Gasteiger partial charge on any atom is 0.291 e. The number of nitro groups is 1. The van der Waals surface area contributed by atoms with E-state index in [0.717, 1.165) is 17.7 Å². The predicted octanol–water partition coefficient (Wildman–Crippen LogP) is 5.04.